The maximum absolute atomic E-state index is 11.2. The molecule has 0 aliphatic carbocycles. The van der Waals surface area contributed by atoms with Crippen molar-refractivity contribution in [2.24, 2.45) is 0 Å². The molecule has 0 saturated heterocycles. The minimum atomic E-state index is -0.733. The summed E-state index contributed by atoms with van der Waals surface area (Å²) in [5.41, 5.74) is 2.02. The van der Waals surface area contributed by atoms with E-state index in [1.165, 1.54) is 0 Å². The Morgan fingerprint density at radius 2 is 2.29 bits per heavy atom. The monoisotopic (exact) mass is 231 g/mol. The van der Waals surface area contributed by atoms with Crippen molar-refractivity contribution in [3.05, 3.63) is 42.5 Å². The van der Waals surface area contributed by atoms with Crippen LogP contribution in [0.5, 0.6) is 0 Å². The van der Waals surface area contributed by atoms with Crippen molar-refractivity contribution in [3.8, 4) is 0 Å². The van der Waals surface area contributed by atoms with Crippen LogP contribution in [0.1, 0.15) is 24.3 Å². The highest BCUT2D eigenvalue weighted by atomic mass is 16.4. The molecule has 1 aromatic rings. The molecule has 17 heavy (non-hydrogen) atoms. The van der Waals surface area contributed by atoms with Crippen LogP contribution in [-0.4, -0.2) is 24.2 Å². The lowest BCUT2D eigenvalue weighted by Crippen LogP contribution is -2.25. The van der Waals surface area contributed by atoms with E-state index in [4.69, 9.17) is 0 Å². The SMILES string of the molecule is C=CCCCN1CC(C(=O)O)c2ccccc21. The molecule has 1 atom stereocenters. The lowest BCUT2D eigenvalue weighted by Gasteiger charge is -2.18. The summed E-state index contributed by atoms with van der Waals surface area (Å²) < 4.78 is 0. The Labute approximate surface area is 101 Å². The predicted octanol–water partition coefficient (Wildman–Crippen LogP) is 2.64. The van der Waals surface area contributed by atoms with Gasteiger partial charge in [0.05, 0.1) is 0 Å². The topological polar surface area (TPSA) is 40.5 Å². The average molecular weight is 231 g/mol. The lowest BCUT2D eigenvalue weighted by atomic mass is 10.0. The number of nitrogens with zero attached hydrogens (tertiary/aromatic N) is 1. The van der Waals surface area contributed by atoms with Crippen molar-refractivity contribution in [1.82, 2.24) is 0 Å². The largest absolute Gasteiger partial charge is 0.481 e. The molecule has 1 aliphatic heterocycles. The van der Waals surface area contributed by atoms with Crippen molar-refractivity contribution < 1.29 is 9.90 Å². The Morgan fingerprint density at radius 1 is 1.53 bits per heavy atom. The van der Waals surface area contributed by atoms with Gasteiger partial charge < -0.3 is 10.0 Å². The van der Waals surface area contributed by atoms with Crippen LogP contribution < -0.4 is 4.90 Å². The van der Waals surface area contributed by atoms with Crippen molar-refractivity contribution >= 4 is 11.7 Å². The molecule has 3 heteroatoms. The van der Waals surface area contributed by atoms with Gasteiger partial charge in [-0.05, 0) is 24.5 Å². The van der Waals surface area contributed by atoms with Crippen molar-refractivity contribution in [2.45, 2.75) is 18.8 Å². The summed E-state index contributed by atoms with van der Waals surface area (Å²) >= 11 is 0. The van der Waals surface area contributed by atoms with E-state index < -0.39 is 5.97 Å². The lowest BCUT2D eigenvalue weighted by molar-refractivity contribution is -0.138. The molecule has 1 N–H and O–H groups in total. The average Bonchev–Trinajstić information content (AvgIpc) is 2.69. The van der Waals surface area contributed by atoms with Gasteiger partial charge in [-0.3, -0.25) is 4.79 Å². The molecular formula is C14H17NO2. The first-order valence-corrected chi connectivity index (χ1v) is 5.91. The molecule has 1 aromatic carbocycles. The predicted molar refractivity (Wildman–Crippen MR) is 68.5 cm³/mol. The number of allylic oxidation sites excluding steroid dienone is 1. The van der Waals surface area contributed by atoms with Gasteiger partial charge in [0.2, 0.25) is 0 Å². The molecule has 0 aromatic heterocycles. The molecule has 0 radical (unpaired) electrons. The maximum atomic E-state index is 11.2. The fraction of sp³-hybridized carbons (Fsp3) is 0.357. The van der Waals surface area contributed by atoms with Crippen LogP contribution in [0.3, 0.4) is 0 Å². The Bertz CT molecular complexity index is 428. The van der Waals surface area contributed by atoms with Crippen LogP contribution in [-0.2, 0) is 4.79 Å². The molecule has 1 unspecified atom stereocenters. The van der Waals surface area contributed by atoms with E-state index in [1.807, 2.05) is 30.3 Å². The molecular weight excluding hydrogens is 214 g/mol. The molecule has 0 bridgehead atoms. The Kier molecular flexibility index (Phi) is 3.47. The molecule has 90 valence electrons. The summed E-state index contributed by atoms with van der Waals surface area (Å²) in [4.78, 5) is 13.4. The molecule has 1 aliphatic rings. The van der Waals surface area contributed by atoms with Crippen LogP contribution >= 0.6 is 0 Å². The second-order valence-corrected chi connectivity index (χ2v) is 4.33. The number of carboxylic acid groups (broad SMARTS) is 1. The number of para-hydroxylation sites is 1. The second kappa shape index (κ2) is 5.04. The number of benzene rings is 1. The van der Waals surface area contributed by atoms with Gasteiger partial charge in [-0.25, -0.2) is 0 Å². The zero-order chi connectivity index (χ0) is 12.3. The molecule has 0 fully saturated rings. The van der Waals surface area contributed by atoms with Crippen molar-refractivity contribution in [2.75, 3.05) is 18.0 Å². The molecule has 2 rings (SSSR count). The minimum absolute atomic E-state index is 0.380. The molecule has 3 nitrogen and oxygen atoms in total. The standard InChI is InChI=1S/C14H17NO2/c1-2-3-6-9-15-10-12(14(16)17)11-7-4-5-8-13(11)15/h2,4-5,7-8,12H,1,3,6,9-10H2,(H,16,17). The highest BCUT2D eigenvalue weighted by Crippen LogP contribution is 2.36. The maximum Gasteiger partial charge on any atom is 0.312 e. The third kappa shape index (κ3) is 2.33. The van der Waals surface area contributed by atoms with E-state index in [9.17, 15) is 9.90 Å². The van der Waals surface area contributed by atoms with Gasteiger partial charge in [0, 0.05) is 18.8 Å². The summed E-state index contributed by atoms with van der Waals surface area (Å²) in [5, 5.41) is 9.21. The highest BCUT2D eigenvalue weighted by Gasteiger charge is 2.32. The van der Waals surface area contributed by atoms with Crippen molar-refractivity contribution in [3.63, 3.8) is 0 Å². The first kappa shape index (κ1) is 11.7. The number of rotatable bonds is 5. The number of fused-ring (bicyclic) bond motifs is 1. The fourth-order valence-corrected chi connectivity index (χ4v) is 2.34. The summed E-state index contributed by atoms with van der Waals surface area (Å²) in [5.74, 6) is -1.11. The first-order valence-electron chi connectivity index (χ1n) is 5.91. The Morgan fingerprint density at radius 3 is 3.00 bits per heavy atom. The van der Waals surface area contributed by atoms with E-state index in [-0.39, 0.29) is 5.92 Å². The number of anilines is 1. The summed E-state index contributed by atoms with van der Waals surface area (Å²) in [6.45, 7) is 5.18. The van der Waals surface area contributed by atoms with E-state index in [0.717, 1.165) is 30.6 Å². The first-order chi connectivity index (χ1) is 8.24. The Hall–Kier alpha value is -1.77. The quantitative estimate of drug-likeness (QED) is 0.625. The summed E-state index contributed by atoms with van der Waals surface area (Å²) in [6.07, 6.45) is 3.89. The normalized spacial score (nSPS) is 17.9. The number of hydrogen-bond acceptors (Lipinski definition) is 2. The van der Waals surface area contributed by atoms with Gasteiger partial charge >= 0.3 is 5.97 Å². The van der Waals surface area contributed by atoms with Crippen LogP contribution in [0, 0.1) is 0 Å². The molecule has 0 amide bonds. The van der Waals surface area contributed by atoms with E-state index in [0.29, 0.717) is 6.54 Å². The zero-order valence-corrected chi connectivity index (χ0v) is 9.80. The van der Waals surface area contributed by atoms with E-state index >= 15 is 0 Å². The number of carboxylic acids is 1. The van der Waals surface area contributed by atoms with Crippen LogP contribution in [0.15, 0.2) is 36.9 Å². The fourth-order valence-electron chi connectivity index (χ4n) is 2.34. The third-order valence-electron chi connectivity index (χ3n) is 3.19. The number of unbranched alkanes of at least 4 members (excludes halogenated alkanes) is 1. The summed E-state index contributed by atoms with van der Waals surface area (Å²) in [6, 6.07) is 7.79. The van der Waals surface area contributed by atoms with Gasteiger partial charge in [-0.2, -0.15) is 0 Å². The van der Waals surface area contributed by atoms with Gasteiger partial charge in [0.25, 0.3) is 0 Å². The van der Waals surface area contributed by atoms with E-state index in [1.54, 1.807) is 0 Å². The number of aliphatic carboxylic acids is 1. The highest BCUT2D eigenvalue weighted by molar-refractivity contribution is 5.82. The van der Waals surface area contributed by atoms with Crippen LogP contribution in [0.2, 0.25) is 0 Å². The minimum Gasteiger partial charge on any atom is -0.481 e. The number of hydrogen-bond donors (Lipinski definition) is 1. The van der Waals surface area contributed by atoms with Crippen LogP contribution in [0.4, 0.5) is 5.69 Å². The smallest absolute Gasteiger partial charge is 0.312 e. The van der Waals surface area contributed by atoms with Crippen LogP contribution in [0.25, 0.3) is 0 Å². The second-order valence-electron chi connectivity index (χ2n) is 4.33. The van der Waals surface area contributed by atoms with Gasteiger partial charge in [-0.1, -0.05) is 24.3 Å². The van der Waals surface area contributed by atoms with Gasteiger partial charge in [-0.15, -0.1) is 6.58 Å². The third-order valence-corrected chi connectivity index (χ3v) is 3.19. The molecule has 1 heterocycles. The van der Waals surface area contributed by atoms with Gasteiger partial charge in [0.1, 0.15) is 5.92 Å². The van der Waals surface area contributed by atoms with Crippen molar-refractivity contribution in [1.29, 1.82) is 0 Å². The molecule has 0 spiro atoms. The summed E-state index contributed by atoms with van der Waals surface area (Å²) in [7, 11) is 0. The van der Waals surface area contributed by atoms with Gasteiger partial charge in [0.15, 0.2) is 0 Å². The number of carbonyl (C=O) groups is 1. The Balaban J connectivity index is 2.16. The molecule has 0 saturated carbocycles. The van der Waals surface area contributed by atoms with E-state index in [2.05, 4.69) is 11.5 Å². The zero-order valence-electron chi connectivity index (χ0n) is 9.80.